The Morgan fingerprint density at radius 3 is 2.83 bits per heavy atom. The van der Waals surface area contributed by atoms with E-state index in [2.05, 4.69) is 11.4 Å². The lowest BCUT2D eigenvalue weighted by Crippen LogP contribution is -1.91. The van der Waals surface area contributed by atoms with E-state index in [9.17, 15) is 0 Å². The maximum Gasteiger partial charge on any atom is 0.0992 e. The van der Waals surface area contributed by atoms with Crippen molar-refractivity contribution in [2.75, 3.05) is 12.3 Å². The average Bonchev–Trinajstić information content (AvgIpc) is 2.85. The third-order valence-electron chi connectivity index (χ3n) is 1.92. The fraction of sp³-hybridized carbons (Fsp3) is 0.222. The lowest BCUT2D eigenvalue weighted by Gasteiger charge is -1.99. The summed E-state index contributed by atoms with van der Waals surface area (Å²) in [7, 11) is 0. The number of nitrogens with one attached hydrogen (secondary N) is 1. The standard InChI is InChI=1S/C9H9N3/c10-4-6-1-7(9-5-12-9)3-8(11)2-6/h1-3,9,12H,5,11H2. The van der Waals surface area contributed by atoms with Gasteiger partial charge in [0.05, 0.1) is 11.6 Å². The second-order valence-electron chi connectivity index (χ2n) is 2.96. The van der Waals surface area contributed by atoms with Gasteiger partial charge >= 0.3 is 0 Å². The molecule has 0 spiro atoms. The SMILES string of the molecule is N#Cc1cc(N)cc(C2CN2)c1. The molecule has 0 radical (unpaired) electrons. The minimum absolute atomic E-state index is 0.417. The molecular formula is C9H9N3. The molecule has 0 aromatic heterocycles. The number of nitriles is 1. The van der Waals surface area contributed by atoms with E-state index >= 15 is 0 Å². The molecule has 60 valence electrons. The van der Waals surface area contributed by atoms with Crippen LogP contribution in [0.4, 0.5) is 5.69 Å². The highest BCUT2D eigenvalue weighted by molar-refractivity contribution is 5.50. The number of benzene rings is 1. The van der Waals surface area contributed by atoms with Gasteiger partial charge in [0.2, 0.25) is 0 Å². The second-order valence-corrected chi connectivity index (χ2v) is 2.96. The fourth-order valence-corrected chi connectivity index (χ4v) is 1.24. The number of nitrogens with two attached hydrogens (primary N) is 1. The summed E-state index contributed by atoms with van der Waals surface area (Å²) < 4.78 is 0. The van der Waals surface area contributed by atoms with Crippen LogP contribution in [0.2, 0.25) is 0 Å². The van der Waals surface area contributed by atoms with Crippen molar-refractivity contribution in [1.29, 1.82) is 5.26 Å². The van der Waals surface area contributed by atoms with Gasteiger partial charge in [-0.05, 0) is 23.8 Å². The molecule has 1 aromatic carbocycles. The smallest absolute Gasteiger partial charge is 0.0992 e. The quantitative estimate of drug-likeness (QED) is 0.470. The van der Waals surface area contributed by atoms with E-state index < -0.39 is 0 Å². The number of hydrogen-bond acceptors (Lipinski definition) is 3. The Morgan fingerprint density at radius 1 is 1.50 bits per heavy atom. The monoisotopic (exact) mass is 159 g/mol. The van der Waals surface area contributed by atoms with E-state index in [0.29, 0.717) is 17.3 Å². The van der Waals surface area contributed by atoms with Crippen molar-refractivity contribution in [3.63, 3.8) is 0 Å². The highest BCUT2D eigenvalue weighted by Gasteiger charge is 2.22. The Bertz CT molecular complexity index is 347. The first-order chi connectivity index (χ1) is 5.79. The van der Waals surface area contributed by atoms with Crippen LogP contribution in [0.1, 0.15) is 17.2 Å². The number of rotatable bonds is 1. The van der Waals surface area contributed by atoms with E-state index in [1.165, 1.54) is 0 Å². The molecule has 1 aliphatic heterocycles. The normalized spacial score (nSPS) is 20.1. The molecule has 0 aliphatic carbocycles. The van der Waals surface area contributed by atoms with Gasteiger partial charge in [-0.1, -0.05) is 0 Å². The van der Waals surface area contributed by atoms with Gasteiger partial charge in [-0.2, -0.15) is 5.26 Å². The maximum atomic E-state index is 8.66. The first kappa shape index (κ1) is 7.14. The molecular weight excluding hydrogens is 150 g/mol. The highest BCUT2D eigenvalue weighted by atomic mass is 15.1. The number of hydrogen-bond donors (Lipinski definition) is 2. The average molecular weight is 159 g/mol. The largest absolute Gasteiger partial charge is 0.399 e. The van der Waals surface area contributed by atoms with Crippen molar-refractivity contribution in [3.8, 4) is 6.07 Å². The number of nitrogens with zero attached hydrogens (tertiary/aromatic N) is 1. The van der Waals surface area contributed by atoms with Crippen molar-refractivity contribution in [2.24, 2.45) is 0 Å². The summed E-state index contributed by atoms with van der Waals surface area (Å²) in [6, 6.07) is 7.97. The zero-order valence-electron chi connectivity index (χ0n) is 6.54. The van der Waals surface area contributed by atoms with Crippen LogP contribution >= 0.6 is 0 Å². The molecule has 3 nitrogen and oxygen atoms in total. The fourth-order valence-electron chi connectivity index (χ4n) is 1.24. The molecule has 1 atom stereocenters. The van der Waals surface area contributed by atoms with Crippen molar-refractivity contribution < 1.29 is 0 Å². The first-order valence-corrected chi connectivity index (χ1v) is 3.83. The summed E-state index contributed by atoms with van der Waals surface area (Å²) >= 11 is 0. The van der Waals surface area contributed by atoms with Gasteiger partial charge in [0, 0.05) is 18.3 Å². The molecule has 0 saturated carbocycles. The van der Waals surface area contributed by atoms with Gasteiger partial charge in [-0.25, -0.2) is 0 Å². The highest BCUT2D eigenvalue weighted by Crippen LogP contribution is 2.24. The molecule has 1 saturated heterocycles. The Kier molecular flexibility index (Phi) is 1.49. The van der Waals surface area contributed by atoms with Crippen LogP contribution in [-0.4, -0.2) is 6.54 Å². The summed E-state index contributed by atoms with van der Waals surface area (Å²) in [6.45, 7) is 0.994. The predicted molar refractivity (Wildman–Crippen MR) is 46.3 cm³/mol. The van der Waals surface area contributed by atoms with E-state index in [1.54, 1.807) is 6.07 Å². The maximum absolute atomic E-state index is 8.66. The minimum atomic E-state index is 0.417. The molecule has 2 rings (SSSR count). The summed E-state index contributed by atoms with van der Waals surface area (Å²) in [4.78, 5) is 0. The summed E-state index contributed by atoms with van der Waals surface area (Å²) in [5, 5.41) is 11.8. The summed E-state index contributed by atoms with van der Waals surface area (Å²) in [6.07, 6.45) is 0. The molecule has 3 N–H and O–H groups in total. The molecule has 1 fully saturated rings. The lowest BCUT2D eigenvalue weighted by molar-refractivity contribution is 1.08. The van der Waals surface area contributed by atoms with Crippen molar-refractivity contribution in [1.82, 2.24) is 5.32 Å². The minimum Gasteiger partial charge on any atom is -0.399 e. The van der Waals surface area contributed by atoms with Crippen molar-refractivity contribution >= 4 is 5.69 Å². The van der Waals surface area contributed by atoms with E-state index in [-0.39, 0.29) is 0 Å². The van der Waals surface area contributed by atoms with Crippen LogP contribution in [0.5, 0.6) is 0 Å². The topological polar surface area (TPSA) is 71.8 Å². The van der Waals surface area contributed by atoms with Crippen molar-refractivity contribution in [3.05, 3.63) is 29.3 Å². The van der Waals surface area contributed by atoms with Crippen LogP contribution in [0.3, 0.4) is 0 Å². The second kappa shape index (κ2) is 2.50. The molecule has 1 aliphatic rings. The zero-order valence-corrected chi connectivity index (χ0v) is 6.54. The van der Waals surface area contributed by atoms with Gasteiger partial charge in [0.1, 0.15) is 0 Å². The van der Waals surface area contributed by atoms with Crippen LogP contribution in [0, 0.1) is 11.3 Å². The Balaban J connectivity index is 2.43. The molecule has 3 heteroatoms. The van der Waals surface area contributed by atoms with Crippen LogP contribution < -0.4 is 11.1 Å². The molecule has 0 amide bonds. The number of nitrogen functional groups attached to an aromatic ring is 1. The van der Waals surface area contributed by atoms with Crippen LogP contribution in [-0.2, 0) is 0 Å². The Morgan fingerprint density at radius 2 is 2.25 bits per heavy atom. The zero-order chi connectivity index (χ0) is 8.55. The first-order valence-electron chi connectivity index (χ1n) is 3.83. The van der Waals surface area contributed by atoms with E-state index in [0.717, 1.165) is 12.1 Å². The summed E-state index contributed by atoms with van der Waals surface area (Å²) in [5.41, 5.74) is 8.04. The van der Waals surface area contributed by atoms with Gasteiger partial charge in [0.25, 0.3) is 0 Å². The lowest BCUT2D eigenvalue weighted by atomic mass is 10.1. The Hall–Kier alpha value is -1.53. The third kappa shape index (κ3) is 1.25. The van der Waals surface area contributed by atoms with Gasteiger partial charge < -0.3 is 11.1 Å². The van der Waals surface area contributed by atoms with Crippen LogP contribution in [0.25, 0.3) is 0 Å². The van der Waals surface area contributed by atoms with Crippen molar-refractivity contribution in [2.45, 2.75) is 6.04 Å². The van der Waals surface area contributed by atoms with Gasteiger partial charge in [0.15, 0.2) is 0 Å². The number of anilines is 1. The molecule has 1 aromatic rings. The van der Waals surface area contributed by atoms with Gasteiger partial charge in [-0.3, -0.25) is 0 Å². The summed E-state index contributed by atoms with van der Waals surface area (Å²) in [5.74, 6) is 0. The third-order valence-corrected chi connectivity index (χ3v) is 1.92. The molecule has 12 heavy (non-hydrogen) atoms. The van der Waals surface area contributed by atoms with Crippen LogP contribution in [0.15, 0.2) is 18.2 Å². The molecule has 0 bridgehead atoms. The molecule has 1 heterocycles. The Labute approximate surface area is 70.8 Å². The van der Waals surface area contributed by atoms with E-state index in [4.69, 9.17) is 11.0 Å². The van der Waals surface area contributed by atoms with E-state index in [1.807, 2.05) is 12.1 Å². The van der Waals surface area contributed by atoms with Gasteiger partial charge in [-0.15, -0.1) is 0 Å². The molecule has 1 unspecified atom stereocenters. The predicted octanol–water partition coefficient (Wildman–Crippen LogP) is 0.785.